The predicted octanol–water partition coefficient (Wildman–Crippen LogP) is 4.76. The fourth-order valence-electron chi connectivity index (χ4n) is 3.77. The molecule has 0 aliphatic rings. The second-order valence-corrected chi connectivity index (χ2v) is 7.62. The molecule has 1 heterocycles. The fraction of sp³-hybridized carbons (Fsp3) is 0.231. The molecule has 0 aliphatic heterocycles. The summed E-state index contributed by atoms with van der Waals surface area (Å²) in [6.45, 7) is 3.52. The Morgan fingerprint density at radius 2 is 1.84 bits per heavy atom. The summed E-state index contributed by atoms with van der Waals surface area (Å²) < 4.78 is 7.49. The van der Waals surface area contributed by atoms with Gasteiger partial charge in [0.1, 0.15) is 11.6 Å². The number of rotatable bonds is 8. The number of benzene rings is 3. The zero-order chi connectivity index (χ0) is 21.6. The first-order chi connectivity index (χ1) is 15.2. The number of fused-ring (bicyclic) bond motifs is 1. The molecule has 0 fully saturated rings. The van der Waals surface area contributed by atoms with Crippen LogP contribution in [-0.2, 0) is 13.0 Å². The van der Waals surface area contributed by atoms with Crippen molar-refractivity contribution in [2.75, 3.05) is 13.7 Å². The number of aromatic nitrogens is 2. The van der Waals surface area contributed by atoms with Crippen molar-refractivity contribution in [3.63, 3.8) is 0 Å². The van der Waals surface area contributed by atoms with Crippen molar-refractivity contribution in [2.24, 2.45) is 0 Å². The van der Waals surface area contributed by atoms with E-state index in [4.69, 9.17) is 9.72 Å². The topological polar surface area (TPSA) is 56.1 Å². The number of aryl methyl sites for hydroxylation is 2. The minimum atomic E-state index is -0.0905. The highest BCUT2D eigenvalue weighted by molar-refractivity contribution is 5.94. The van der Waals surface area contributed by atoms with Crippen molar-refractivity contribution in [1.29, 1.82) is 0 Å². The van der Waals surface area contributed by atoms with E-state index in [0.29, 0.717) is 17.9 Å². The smallest absolute Gasteiger partial charge is 0.251 e. The Balaban J connectivity index is 1.44. The SMILES string of the molecule is COc1cccc(C(=O)NCCCc2nc3ccccc3n2Cc2ccccc2C)c1. The molecule has 0 bridgehead atoms. The number of nitrogens with zero attached hydrogens (tertiary/aromatic N) is 2. The van der Waals surface area contributed by atoms with Gasteiger partial charge >= 0.3 is 0 Å². The van der Waals surface area contributed by atoms with Crippen molar-refractivity contribution in [1.82, 2.24) is 14.9 Å². The molecule has 158 valence electrons. The number of methoxy groups -OCH3 is 1. The lowest BCUT2D eigenvalue weighted by Gasteiger charge is -2.12. The quantitative estimate of drug-likeness (QED) is 0.424. The van der Waals surface area contributed by atoms with Crippen LogP contribution in [-0.4, -0.2) is 29.1 Å². The van der Waals surface area contributed by atoms with Crippen LogP contribution in [0.3, 0.4) is 0 Å². The largest absolute Gasteiger partial charge is 0.497 e. The van der Waals surface area contributed by atoms with Crippen molar-refractivity contribution in [3.05, 3.63) is 95.3 Å². The molecule has 3 aromatic carbocycles. The van der Waals surface area contributed by atoms with Crippen LogP contribution in [0.4, 0.5) is 0 Å². The number of ether oxygens (including phenoxy) is 1. The molecule has 0 spiro atoms. The van der Waals surface area contributed by atoms with E-state index in [-0.39, 0.29) is 5.91 Å². The number of carbonyl (C=O) groups is 1. The van der Waals surface area contributed by atoms with Gasteiger partial charge in [-0.15, -0.1) is 0 Å². The second-order valence-electron chi connectivity index (χ2n) is 7.62. The Bertz CT molecular complexity index is 1200. The van der Waals surface area contributed by atoms with Crippen LogP contribution in [0.5, 0.6) is 5.75 Å². The zero-order valence-corrected chi connectivity index (χ0v) is 18.0. The number of para-hydroxylation sites is 2. The molecule has 0 atom stereocenters. The van der Waals surface area contributed by atoms with Gasteiger partial charge in [-0.05, 0) is 54.8 Å². The van der Waals surface area contributed by atoms with Gasteiger partial charge in [-0.3, -0.25) is 4.79 Å². The van der Waals surface area contributed by atoms with E-state index in [1.807, 2.05) is 18.2 Å². The molecule has 5 heteroatoms. The molecule has 31 heavy (non-hydrogen) atoms. The van der Waals surface area contributed by atoms with Crippen LogP contribution < -0.4 is 10.1 Å². The van der Waals surface area contributed by atoms with Crippen LogP contribution in [0.1, 0.15) is 33.7 Å². The van der Waals surface area contributed by atoms with Crippen molar-refractivity contribution < 1.29 is 9.53 Å². The predicted molar refractivity (Wildman–Crippen MR) is 124 cm³/mol. The number of amides is 1. The number of hydrogen-bond acceptors (Lipinski definition) is 3. The van der Waals surface area contributed by atoms with Crippen LogP contribution >= 0.6 is 0 Å². The molecule has 0 aliphatic carbocycles. The summed E-state index contributed by atoms with van der Waals surface area (Å²) in [5.41, 5.74) is 5.31. The molecule has 1 amide bonds. The Morgan fingerprint density at radius 1 is 1.03 bits per heavy atom. The maximum Gasteiger partial charge on any atom is 0.251 e. The first kappa shape index (κ1) is 20.7. The number of nitrogens with one attached hydrogen (secondary N) is 1. The van der Waals surface area contributed by atoms with Crippen LogP contribution in [0, 0.1) is 6.92 Å². The van der Waals surface area contributed by atoms with Gasteiger partial charge in [-0.2, -0.15) is 0 Å². The number of imidazole rings is 1. The van der Waals surface area contributed by atoms with Gasteiger partial charge in [0.25, 0.3) is 5.91 Å². The second kappa shape index (κ2) is 9.47. The lowest BCUT2D eigenvalue weighted by molar-refractivity contribution is 0.0953. The summed E-state index contributed by atoms with van der Waals surface area (Å²) in [4.78, 5) is 17.3. The Hall–Kier alpha value is -3.60. The molecule has 4 rings (SSSR count). The van der Waals surface area contributed by atoms with Gasteiger partial charge < -0.3 is 14.6 Å². The summed E-state index contributed by atoms with van der Waals surface area (Å²) in [6.07, 6.45) is 1.60. The molecular weight excluding hydrogens is 386 g/mol. The third-order valence-corrected chi connectivity index (χ3v) is 5.52. The first-order valence-electron chi connectivity index (χ1n) is 10.6. The maximum atomic E-state index is 12.4. The average Bonchev–Trinajstić information content (AvgIpc) is 3.15. The molecule has 0 radical (unpaired) electrons. The summed E-state index contributed by atoms with van der Waals surface area (Å²) >= 11 is 0. The lowest BCUT2D eigenvalue weighted by atomic mass is 10.1. The van der Waals surface area contributed by atoms with E-state index in [0.717, 1.165) is 36.2 Å². The number of hydrogen-bond donors (Lipinski definition) is 1. The Morgan fingerprint density at radius 3 is 2.68 bits per heavy atom. The minimum Gasteiger partial charge on any atom is -0.497 e. The van der Waals surface area contributed by atoms with Gasteiger partial charge in [0.15, 0.2) is 0 Å². The monoisotopic (exact) mass is 413 g/mol. The van der Waals surface area contributed by atoms with Crippen LogP contribution in [0.2, 0.25) is 0 Å². The third-order valence-electron chi connectivity index (χ3n) is 5.52. The van der Waals surface area contributed by atoms with Gasteiger partial charge in [0, 0.05) is 25.1 Å². The lowest BCUT2D eigenvalue weighted by Crippen LogP contribution is -2.25. The van der Waals surface area contributed by atoms with E-state index < -0.39 is 0 Å². The minimum absolute atomic E-state index is 0.0905. The highest BCUT2D eigenvalue weighted by atomic mass is 16.5. The molecule has 0 saturated heterocycles. The Kier molecular flexibility index (Phi) is 6.32. The van der Waals surface area contributed by atoms with Crippen molar-refractivity contribution in [3.8, 4) is 5.75 Å². The standard InChI is InChI=1S/C26H27N3O2/c1-19-9-3-4-10-21(19)18-29-24-14-6-5-13-23(24)28-25(29)15-8-16-27-26(30)20-11-7-12-22(17-20)31-2/h3-7,9-14,17H,8,15-16,18H2,1-2H3,(H,27,30). The maximum absolute atomic E-state index is 12.4. The highest BCUT2D eigenvalue weighted by Crippen LogP contribution is 2.20. The zero-order valence-electron chi connectivity index (χ0n) is 18.0. The van der Waals surface area contributed by atoms with E-state index in [1.165, 1.54) is 11.1 Å². The molecule has 5 nitrogen and oxygen atoms in total. The van der Waals surface area contributed by atoms with Crippen LogP contribution in [0.25, 0.3) is 11.0 Å². The van der Waals surface area contributed by atoms with E-state index in [2.05, 4.69) is 59.3 Å². The molecule has 4 aromatic rings. The highest BCUT2D eigenvalue weighted by Gasteiger charge is 2.12. The summed E-state index contributed by atoms with van der Waals surface area (Å²) in [5, 5.41) is 3.00. The molecule has 1 aromatic heterocycles. The average molecular weight is 414 g/mol. The van der Waals surface area contributed by atoms with Crippen molar-refractivity contribution >= 4 is 16.9 Å². The van der Waals surface area contributed by atoms with Gasteiger partial charge in [-0.1, -0.05) is 42.5 Å². The molecule has 1 N–H and O–H groups in total. The molecule has 0 saturated carbocycles. The third kappa shape index (κ3) is 4.77. The van der Waals surface area contributed by atoms with Crippen LogP contribution in [0.15, 0.2) is 72.8 Å². The summed E-state index contributed by atoms with van der Waals surface area (Å²) in [6, 6.07) is 23.9. The van der Waals surface area contributed by atoms with E-state index >= 15 is 0 Å². The molecule has 0 unspecified atom stereocenters. The van der Waals surface area contributed by atoms with Crippen molar-refractivity contribution in [2.45, 2.75) is 26.3 Å². The molecular formula is C26H27N3O2. The van der Waals surface area contributed by atoms with E-state index in [1.54, 1.807) is 19.2 Å². The summed E-state index contributed by atoms with van der Waals surface area (Å²) in [5.74, 6) is 1.63. The van der Waals surface area contributed by atoms with Gasteiger partial charge in [-0.25, -0.2) is 4.98 Å². The van der Waals surface area contributed by atoms with E-state index in [9.17, 15) is 4.79 Å². The van der Waals surface area contributed by atoms with Gasteiger partial charge in [0.2, 0.25) is 0 Å². The van der Waals surface area contributed by atoms with Gasteiger partial charge in [0.05, 0.1) is 18.1 Å². The summed E-state index contributed by atoms with van der Waals surface area (Å²) in [7, 11) is 1.60. The normalized spacial score (nSPS) is 10.9. The number of carbonyl (C=O) groups excluding carboxylic acids is 1. The fourth-order valence-corrected chi connectivity index (χ4v) is 3.77. The Labute approximate surface area is 182 Å². The first-order valence-corrected chi connectivity index (χ1v) is 10.6.